The van der Waals surface area contributed by atoms with Gasteiger partial charge in [0.1, 0.15) is 0 Å². The molecular formula is C10H14O5. The lowest BCUT2D eigenvalue weighted by atomic mass is 10.5. The van der Waals surface area contributed by atoms with Crippen LogP contribution in [-0.4, -0.2) is 25.7 Å². The number of esters is 1. The highest BCUT2D eigenvalue weighted by atomic mass is 16.5. The standard InChI is InChI=1S/C6H6O3.C4H8O2/c1-8-6(7)5-3-2-4-9-5;1-4(2)6-3-5/h2-4H,1H3;3-4H,1-2H3. The zero-order valence-corrected chi connectivity index (χ0v) is 8.93. The van der Waals surface area contributed by atoms with E-state index in [4.69, 9.17) is 4.42 Å². The average molecular weight is 214 g/mol. The summed E-state index contributed by atoms with van der Waals surface area (Å²) >= 11 is 0. The summed E-state index contributed by atoms with van der Waals surface area (Å²) in [5.41, 5.74) is 0. The Balaban J connectivity index is 0.000000288. The molecule has 0 aromatic carbocycles. The third kappa shape index (κ3) is 6.31. The van der Waals surface area contributed by atoms with Gasteiger partial charge in [0.25, 0.3) is 6.47 Å². The summed E-state index contributed by atoms with van der Waals surface area (Å²) in [4.78, 5) is 20.0. The third-order valence-corrected chi connectivity index (χ3v) is 1.24. The molecular weight excluding hydrogens is 200 g/mol. The van der Waals surface area contributed by atoms with Crippen molar-refractivity contribution in [3.05, 3.63) is 24.2 Å². The van der Waals surface area contributed by atoms with Crippen LogP contribution in [0.4, 0.5) is 0 Å². The molecule has 0 fully saturated rings. The van der Waals surface area contributed by atoms with Crippen LogP contribution in [0.5, 0.6) is 0 Å². The first-order chi connectivity index (χ1) is 7.11. The lowest BCUT2D eigenvalue weighted by Gasteiger charge is -1.96. The van der Waals surface area contributed by atoms with Gasteiger partial charge in [-0.15, -0.1) is 0 Å². The van der Waals surface area contributed by atoms with Gasteiger partial charge in [-0.05, 0) is 26.0 Å². The van der Waals surface area contributed by atoms with Crippen molar-refractivity contribution in [1.29, 1.82) is 0 Å². The molecule has 0 aliphatic heterocycles. The monoisotopic (exact) mass is 214 g/mol. The van der Waals surface area contributed by atoms with Crippen LogP contribution in [-0.2, 0) is 14.3 Å². The van der Waals surface area contributed by atoms with E-state index in [0.717, 1.165) is 0 Å². The first-order valence-electron chi connectivity index (χ1n) is 4.32. The summed E-state index contributed by atoms with van der Waals surface area (Å²) < 4.78 is 13.4. The van der Waals surface area contributed by atoms with Gasteiger partial charge < -0.3 is 13.9 Å². The SMILES string of the molecule is CC(C)OC=O.COC(=O)c1ccco1. The Hall–Kier alpha value is -1.78. The Morgan fingerprint density at radius 1 is 1.53 bits per heavy atom. The van der Waals surface area contributed by atoms with Gasteiger partial charge >= 0.3 is 5.97 Å². The Morgan fingerprint density at radius 2 is 2.20 bits per heavy atom. The Morgan fingerprint density at radius 3 is 2.47 bits per heavy atom. The van der Waals surface area contributed by atoms with Crippen LogP contribution in [0, 0.1) is 0 Å². The van der Waals surface area contributed by atoms with Crippen molar-refractivity contribution in [2.45, 2.75) is 20.0 Å². The first-order valence-corrected chi connectivity index (χ1v) is 4.32. The van der Waals surface area contributed by atoms with E-state index < -0.39 is 5.97 Å². The van der Waals surface area contributed by atoms with Crippen LogP contribution in [0.15, 0.2) is 22.8 Å². The molecule has 0 spiro atoms. The molecule has 5 heteroatoms. The van der Waals surface area contributed by atoms with Crippen molar-refractivity contribution in [2.75, 3.05) is 7.11 Å². The summed E-state index contributed by atoms with van der Waals surface area (Å²) in [5.74, 6) is -0.211. The fraction of sp³-hybridized carbons (Fsp3) is 0.400. The van der Waals surface area contributed by atoms with Crippen LogP contribution in [0.1, 0.15) is 24.4 Å². The second kappa shape index (κ2) is 7.61. The number of furan rings is 1. The van der Waals surface area contributed by atoms with Gasteiger partial charge in [-0.25, -0.2) is 4.79 Å². The zero-order valence-electron chi connectivity index (χ0n) is 8.93. The molecule has 0 aliphatic carbocycles. The number of carbonyl (C=O) groups excluding carboxylic acids is 2. The molecule has 1 heterocycles. The van der Waals surface area contributed by atoms with Gasteiger partial charge in [0.15, 0.2) is 0 Å². The third-order valence-electron chi connectivity index (χ3n) is 1.24. The fourth-order valence-corrected chi connectivity index (χ4v) is 0.606. The molecule has 0 saturated carbocycles. The van der Waals surface area contributed by atoms with E-state index in [9.17, 15) is 9.59 Å². The molecule has 84 valence electrons. The molecule has 15 heavy (non-hydrogen) atoms. The van der Waals surface area contributed by atoms with Crippen molar-refractivity contribution in [2.24, 2.45) is 0 Å². The molecule has 1 rings (SSSR count). The first kappa shape index (κ1) is 13.2. The molecule has 0 atom stereocenters. The second-order valence-electron chi connectivity index (χ2n) is 2.75. The number of hydrogen-bond donors (Lipinski definition) is 0. The number of rotatable bonds is 3. The average Bonchev–Trinajstić information content (AvgIpc) is 2.70. The predicted molar refractivity (Wildman–Crippen MR) is 52.3 cm³/mol. The Bertz CT molecular complexity index is 276. The predicted octanol–water partition coefficient (Wildman–Crippen LogP) is 1.63. The van der Waals surface area contributed by atoms with Gasteiger partial charge in [0.05, 0.1) is 19.5 Å². The molecule has 0 amide bonds. The molecule has 0 N–H and O–H groups in total. The van der Waals surface area contributed by atoms with E-state index in [1.807, 2.05) is 0 Å². The van der Waals surface area contributed by atoms with Crippen LogP contribution >= 0.6 is 0 Å². The molecule has 0 saturated heterocycles. The van der Waals surface area contributed by atoms with Crippen molar-refractivity contribution >= 4 is 12.4 Å². The molecule has 1 aromatic heterocycles. The number of ether oxygens (including phenoxy) is 2. The lowest BCUT2D eigenvalue weighted by Crippen LogP contribution is -1.98. The van der Waals surface area contributed by atoms with E-state index in [-0.39, 0.29) is 11.9 Å². The molecule has 5 nitrogen and oxygen atoms in total. The van der Waals surface area contributed by atoms with Crippen molar-refractivity contribution in [3.8, 4) is 0 Å². The Kier molecular flexibility index (Phi) is 6.70. The minimum atomic E-state index is -0.444. The Labute approximate surface area is 88.0 Å². The smallest absolute Gasteiger partial charge is 0.373 e. The van der Waals surface area contributed by atoms with E-state index >= 15 is 0 Å². The molecule has 0 radical (unpaired) electrons. The van der Waals surface area contributed by atoms with Crippen LogP contribution < -0.4 is 0 Å². The van der Waals surface area contributed by atoms with E-state index in [2.05, 4.69) is 9.47 Å². The summed E-state index contributed by atoms with van der Waals surface area (Å²) in [6.07, 6.45) is 1.45. The van der Waals surface area contributed by atoms with Gasteiger partial charge in [0, 0.05) is 0 Å². The van der Waals surface area contributed by atoms with E-state index in [0.29, 0.717) is 6.47 Å². The number of carbonyl (C=O) groups is 2. The topological polar surface area (TPSA) is 65.7 Å². The van der Waals surface area contributed by atoms with Crippen molar-refractivity contribution in [1.82, 2.24) is 0 Å². The highest BCUT2D eigenvalue weighted by Crippen LogP contribution is 2.00. The van der Waals surface area contributed by atoms with Gasteiger partial charge in [0.2, 0.25) is 5.76 Å². The molecule has 0 bridgehead atoms. The molecule has 0 aliphatic rings. The fourth-order valence-electron chi connectivity index (χ4n) is 0.606. The van der Waals surface area contributed by atoms with Crippen LogP contribution in [0.2, 0.25) is 0 Å². The maximum absolute atomic E-state index is 10.6. The maximum Gasteiger partial charge on any atom is 0.373 e. The minimum absolute atomic E-state index is 0.0301. The quantitative estimate of drug-likeness (QED) is 0.565. The van der Waals surface area contributed by atoms with Crippen LogP contribution in [0.25, 0.3) is 0 Å². The van der Waals surface area contributed by atoms with Crippen molar-refractivity contribution in [3.63, 3.8) is 0 Å². The summed E-state index contributed by atoms with van der Waals surface area (Å²) in [5, 5.41) is 0. The van der Waals surface area contributed by atoms with Crippen LogP contribution in [0.3, 0.4) is 0 Å². The minimum Gasteiger partial charge on any atom is -0.465 e. The zero-order chi connectivity index (χ0) is 11.7. The molecule has 0 unspecified atom stereocenters. The summed E-state index contributed by atoms with van der Waals surface area (Å²) in [7, 11) is 1.31. The summed E-state index contributed by atoms with van der Waals surface area (Å²) in [6.45, 7) is 4.05. The maximum atomic E-state index is 10.6. The normalized spacial score (nSPS) is 8.80. The lowest BCUT2D eigenvalue weighted by molar-refractivity contribution is -0.131. The van der Waals surface area contributed by atoms with Gasteiger partial charge in [-0.1, -0.05) is 0 Å². The number of methoxy groups -OCH3 is 1. The molecule has 1 aromatic rings. The van der Waals surface area contributed by atoms with E-state index in [1.165, 1.54) is 13.4 Å². The van der Waals surface area contributed by atoms with Crippen molar-refractivity contribution < 1.29 is 23.5 Å². The highest BCUT2D eigenvalue weighted by Gasteiger charge is 2.05. The van der Waals surface area contributed by atoms with Gasteiger partial charge in [-0.3, -0.25) is 4.79 Å². The van der Waals surface area contributed by atoms with E-state index in [1.54, 1.807) is 26.0 Å². The second-order valence-corrected chi connectivity index (χ2v) is 2.75. The largest absolute Gasteiger partial charge is 0.465 e. The highest BCUT2D eigenvalue weighted by molar-refractivity contribution is 5.85. The van der Waals surface area contributed by atoms with Gasteiger partial charge in [-0.2, -0.15) is 0 Å². The number of hydrogen-bond acceptors (Lipinski definition) is 5. The summed E-state index contributed by atoms with van der Waals surface area (Å²) in [6, 6.07) is 3.18.